The minimum absolute atomic E-state index is 0.225. The number of carbonyl (C=O) groups excluding carboxylic acids is 1. The van der Waals surface area contributed by atoms with Gasteiger partial charge in [-0.3, -0.25) is 9.93 Å². The summed E-state index contributed by atoms with van der Waals surface area (Å²) in [6, 6.07) is 8.79. The standard InChI is InChI=1S/C20H21F3N2OS/c1-2-20(13-4-3-5-14(21)10-13)6-8-25(9-7-20)19(26)16-11-15(27-24)12-17(22)18(16)23/h3-5,10-12H,2,6-9,24H2,1H3. The summed E-state index contributed by atoms with van der Waals surface area (Å²) in [5.41, 5.74) is 0.381. The Labute approximate surface area is 160 Å². The van der Waals surface area contributed by atoms with Gasteiger partial charge >= 0.3 is 0 Å². The van der Waals surface area contributed by atoms with Gasteiger partial charge in [-0.25, -0.2) is 13.2 Å². The molecule has 1 heterocycles. The Hall–Kier alpha value is -1.99. The van der Waals surface area contributed by atoms with Crippen LogP contribution in [0.3, 0.4) is 0 Å². The van der Waals surface area contributed by atoms with Gasteiger partial charge in [0.05, 0.1) is 5.56 Å². The molecule has 2 aromatic carbocycles. The molecule has 1 saturated heterocycles. The summed E-state index contributed by atoms with van der Waals surface area (Å²) in [5, 5.41) is 5.42. The number of piperidine rings is 1. The van der Waals surface area contributed by atoms with Crippen LogP contribution in [0.5, 0.6) is 0 Å². The lowest BCUT2D eigenvalue weighted by Crippen LogP contribution is -2.45. The fourth-order valence-electron chi connectivity index (χ4n) is 3.76. The zero-order chi connectivity index (χ0) is 19.6. The van der Waals surface area contributed by atoms with Crippen LogP contribution in [0.25, 0.3) is 0 Å². The third-order valence-corrected chi connectivity index (χ3v) is 6.00. The zero-order valence-corrected chi connectivity index (χ0v) is 15.8. The van der Waals surface area contributed by atoms with Crippen molar-refractivity contribution in [1.29, 1.82) is 0 Å². The number of halogens is 3. The molecule has 3 rings (SSSR count). The van der Waals surface area contributed by atoms with E-state index in [0.29, 0.717) is 25.9 Å². The van der Waals surface area contributed by atoms with Crippen LogP contribution in [0.4, 0.5) is 13.2 Å². The Morgan fingerprint density at radius 2 is 1.89 bits per heavy atom. The Kier molecular flexibility index (Phi) is 5.81. The molecule has 27 heavy (non-hydrogen) atoms. The van der Waals surface area contributed by atoms with E-state index in [4.69, 9.17) is 5.14 Å². The number of nitrogens with zero attached hydrogens (tertiary/aromatic N) is 1. The number of benzene rings is 2. The molecule has 2 aromatic rings. The minimum Gasteiger partial charge on any atom is -0.338 e. The Bertz CT molecular complexity index is 851. The minimum atomic E-state index is -1.16. The molecule has 0 unspecified atom stereocenters. The van der Waals surface area contributed by atoms with Crippen molar-refractivity contribution in [3.63, 3.8) is 0 Å². The van der Waals surface area contributed by atoms with Gasteiger partial charge in [-0.15, -0.1) is 0 Å². The van der Waals surface area contributed by atoms with Crippen LogP contribution >= 0.6 is 11.9 Å². The molecule has 1 amide bonds. The molecule has 0 bridgehead atoms. The van der Waals surface area contributed by atoms with Crippen molar-refractivity contribution in [2.45, 2.75) is 36.5 Å². The summed E-state index contributed by atoms with van der Waals surface area (Å²) in [5.74, 6) is -3.08. The highest BCUT2D eigenvalue weighted by molar-refractivity contribution is 7.97. The van der Waals surface area contributed by atoms with Gasteiger partial charge in [-0.1, -0.05) is 19.1 Å². The average molecular weight is 394 g/mol. The molecular weight excluding hydrogens is 373 g/mol. The fraction of sp³-hybridized carbons (Fsp3) is 0.350. The Morgan fingerprint density at radius 3 is 2.48 bits per heavy atom. The number of carbonyl (C=O) groups is 1. The second kappa shape index (κ2) is 7.94. The molecule has 3 nitrogen and oxygen atoms in total. The molecule has 0 radical (unpaired) electrons. The van der Waals surface area contributed by atoms with E-state index in [0.717, 1.165) is 30.0 Å². The maximum atomic E-state index is 14.1. The normalized spacial score (nSPS) is 16.4. The van der Waals surface area contributed by atoms with Crippen LogP contribution in [0.15, 0.2) is 41.3 Å². The zero-order valence-electron chi connectivity index (χ0n) is 15.0. The van der Waals surface area contributed by atoms with Gasteiger partial charge in [-0.2, -0.15) is 0 Å². The van der Waals surface area contributed by atoms with Gasteiger partial charge in [0.1, 0.15) is 5.82 Å². The van der Waals surface area contributed by atoms with Crippen molar-refractivity contribution in [2.75, 3.05) is 13.1 Å². The molecule has 7 heteroatoms. The molecule has 0 saturated carbocycles. The summed E-state index contributed by atoms with van der Waals surface area (Å²) >= 11 is 0.759. The molecule has 1 aliphatic heterocycles. The summed E-state index contributed by atoms with van der Waals surface area (Å²) in [4.78, 5) is 14.6. The number of hydrogen-bond acceptors (Lipinski definition) is 3. The van der Waals surface area contributed by atoms with E-state index in [1.54, 1.807) is 6.07 Å². The smallest absolute Gasteiger partial charge is 0.256 e. The molecule has 0 aromatic heterocycles. The number of hydrogen-bond donors (Lipinski definition) is 1. The first-order valence-corrected chi connectivity index (χ1v) is 9.69. The topological polar surface area (TPSA) is 46.3 Å². The van der Waals surface area contributed by atoms with Gasteiger partial charge in [0.25, 0.3) is 5.91 Å². The van der Waals surface area contributed by atoms with Crippen LogP contribution < -0.4 is 5.14 Å². The Balaban J connectivity index is 1.81. The predicted molar refractivity (Wildman–Crippen MR) is 99.9 cm³/mol. The van der Waals surface area contributed by atoms with Crippen molar-refractivity contribution >= 4 is 17.9 Å². The highest BCUT2D eigenvalue weighted by atomic mass is 32.2. The highest BCUT2D eigenvalue weighted by Crippen LogP contribution is 2.39. The fourth-order valence-corrected chi connectivity index (χ4v) is 4.12. The molecule has 1 fully saturated rings. The third-order valence-electron chi connectivity index (χ3n) is 5.49. The SMILES string of the molecule is CCC1(c2cccc(F)c2)CCN(C(=O)c2cc(SN)cc(F)c2F)CC1. The van der Waals surface area contributed by atoms with Crippen LogP contribution in [0, 0.1) is 17.5 Å². The van der Waals surface area contributed by atoms with Gasteiger partial charge < -0.3 is 4.90 Å². The van der Waals surface area contributed by atoms with Crippen LogP contribution in [-0.2, 0) is 5.41 Å². The Morgan fingerprint density at radius 1 is 1.19 bits per heavy atom. The van der Waals surface area contributed by atoms with Gasteiger partial charge in [0, 0.05) is 18.0 Å². The van der Waals surface area contributed by atoms with Crippen molar-refractivity contribution < 1.29 is 18.0 Å². The summed E-state index contributed by atoms with van der Waals surface area (Å²) in [7, 11) is 0. The lowest BCUT2D eigenvalue weighted by Gasteiger charge is -2.42. The summed E-state index contributed by atoms with van der Waals surface area (Å²) in [6.45, 7) is 2.83. The van der Waals surface area contributed by atoms with Crippen molar-refractivity contribution in [3.05, 3.63) is 65.0 Å². The van der Waals surface area contributed by atoms with E-state index < -0.39 is 17.5 Å². The van der Waals surface area contributed by atoms with Crippen molar-refractivity contribution in [2.24, 2.45) is 5.14 Å². The maximum Gasteiger partial charge on any atom is 0.256 e. The number of amides is 1. The van der Waals surface area contributed by atoms with E-state index in [-0.39, 0.29) is 21.7 Å². The lowest BCUT2D eigenvalue weighted by molar-refractivity contribution is 0.0655. The van der Waals surface area contributed by atoms with Crippen molar-refractivity contribution in [3.8, 4) is 0 Å². The van der Waals surface area contributed by atoms with E-state index in [2.05, 4.69) is 0 Å². The van der Waals surface area contributed by atoms with Crippen LogP contribution in [0.1, 0.15) is 42.1 Å². The molecule has 1 aliphatic rings. The van der Waals surface area contributed by atoms with Crippen LogP contribution in [0.2, 0.25) is 0 Å². The number of nitrogens with two attached hydrogens (primary N) is 1. The van der Waals surface area contributed by atoms with Crippen molar-refractivity contribution in [1.82, 2.24) is 4.90 Å². The second-order valence-corrected chi connectivity index (χ2v) is 7.53. The molecule has 0 atom stereocenters. The quantitative estimate of drug-likeness (QED) is 0.768. The maximum absolute atomic E-state index is 14.1. The molecular formula is C20H21F3N2OS. The molecule has 2 N–H and O–H groups in total. The first-order chi connectivity index (χ1) is 12.9. The number of likely N-dealkylation sites (tertiary alicyclic amines) is 1. The average Bonchev–Trinajstić information content (AvgIpc) is 2.69. The number of rotatable bonds is 4. The molecule has 144 valence electrons. The largest absolute Gasteiger partial charge is 0.338 e. The van der Waals surface area contributed by atoms with Gasteiger partial charge in [0.2, 0.25) is 0 Å². The third kappa shape index (κ3) is 3.84. The first-order valence-electron chi connectivity index (χ1n) is 8.81. The van der Waals surface area contributed by atoms with Gasteiger partial charge in [0.15, 0.2) is 11.6 Å². The second-order valence-electron chi connectivity index (χ2n) is 6.82. The molecule has 0 spiro atoms. The predicted octanol–water partition coefficient (Wildman–Crippen LogP) is 4.65. The monoisotopic (exact) mass is 394 g/mol. The molecule has 0 aliphatic carbocycles. The van der Waals surface area contributed by atoms with E-state index in [9.17, 15) is 18.0 Å². The van der Waals surface area contributed by atoms with Crippen LogP contribution in [-0.4, -0.2) is 23.9 Å². The summed E-state index contributed by atoms with van der Waals surface area (Å²) < 4.78 is 41.5. The first kappa shape index (κ1) is 19.8. The highest BCUT2D eigenvalue weighted by Gasteiger charge is 2.37. The van der Waals surface area contributed by atoms with E-state index >= 15 is 0 Å². The summed E-state index contributed by atoms with van der Waals surface area (Å²) in [6.07, 6.45) is 2.07. The lowest BCUT2D eigenvalue weighted by atomic mass is 9.71. The van der Waals surface area contributed by atoms with Gasteiger partial charge in [-0.05, 0) is 66.5 Å². The van der Waals surface area contributed by atoms with E-state index in [1.165, 1.54) is 23.1 Å². The van der Waals surface area contributed by atoms with E-state index in [1.807, 2.05) is 13.0 Å².